The largest absolute Gasteiger partial charge is 0.454 e. The Labute approximate surface area is 189 Å². The van der Waals surface area contributed by atoms with Crippen LogP contribution in [0, 0.1) is 19.7 Å². The maximum atomic E-state index is 14.4. The van der Waals surface area contributed by atoms with Crippen LogP contribution in [-0.4, -0.2) is 41.7 Å². The van der Waals surface area contributed by atoms with Crippen molar-refractivity contribution >= 4 is 43.4 Å². The number of hydrogen-bond donors (Lipinski definition) is 1. The van der Waals surface area contributed by atoms with Crippen molar-refractivity contribution in [3.63, 3.8) is 0 Å². The molecule has 4 rings (SSSR count). The van der Waals surface area contributed by atoms with E-state index in [1.54, 1.807) is 0 Å². The predicted molar refractivity (Wildman–Crippen MR) is 119 cm³/mol. The number of nitrogen functional groups attached to an aromatic ring is 1. The fourth-order valence-electron chi connectivity index (χ4n) is 3.68. The first-order valence-electron chi connectivity index (χ1n) is 10.2. The van der Waals surface area contributed by atoms with E-state index in [0.29, 0.717) is 23.7 Å². The number of nitrogens with zero attached hydrogens (tertiary/aromatic N) is 3. The van der Waals surface area contributed by atoms with Gasteiger partial charge in [0.1, 0.15) is 21.4 Å². The molecule has 2 N–H and O–H groups in total. The van der Waals surface area contributed by atoms with E-state index in [9.17, 15) is 17.6 Å². The van der Waals surface area contributed by atoms with Crippen LogP contribution in [0.3, 0.4) is 0 Å². The van der Waals surface area contributed by atoms with E-state index in [0.717, 1.165) is 47.2 Å². The molecule has 0 atom stereocenters. The number of anilines is 1. The first-order valence-corrected chi connectivity index (χ1v) is 12.4. The van der Waals surface area contributed by atoms with Gasteiger partial charge in [-0.25, -0.2) is 27.6 Å². The van der Waals surface area contributed by atoms with Gasteiger partial charge in [-0.3, -0.25) is 0 Å². The number of sulfonamides is 1. The van der Waals surface area contributed by atoms with Gasteiger partial charge in [0.15, 0.2) is 12.4 Å². The Hall–Kier alpha value is -2.63. The second kappa shape index (κ2) is 8.72. The average Bonchev–Trinajstić information content (AvgIpc) is 3.06. The van der Waals surface area contributed by atoms with Crippen molar-refractivity contribution in [2.45, 2.75) is 44.6 Å². The van der Waals surface area contributed by atoms with Crippen molar-refractivity contribution in [1.29, 1.82) is 0 Å². The molecule has 0 unspecified atom stereocenters. The number of hydrogen-bond acceptors (Lipinski definition) is 8. The fraction of sp³-hybridized carbons (Fsp3) is 0.381. The lowest BCUT2D eigenvalue weighted by Crippen LogP contribution is -2.36. The van der Waals surface area contributed by atoms with E-state index in [2.05, 4.69) is 9.97 Å². The van der Waals surface area contributed by atoms with E-state index in [-0.39, 0.29) is 18.0 Å². The van der Waals surface area contributed by atoms with Gasteiger partial charge in [0.2, 0.25) is 10.0 Å². The summed E-state index contributed by atoms with van der Waals surface area (Å²) in [5, 5.41) is 0.786. The molecule has 1 aliphatic rings. The van der Waals surface area contributed by atoms with E-state index in [4.69, 9.17) is 10.5 Å². The highest BCUT2D eigenvalue weighted by Gasteiger charge is 2.29. The SMILES string of the molecule is Cc1sc2nc(COC(=O)c3ccc(F)c(S(=O)(=O)N4CCCCC4)c3)nc(N)c2c1C. The second-order valence-corrected chi connectivity index (χ2v) is 10.8. The number of nitrogens with two attached hydrogens (primary N) is 1. The number of aryl methyl sites for hydroxylation is 2. The van der Waals surface area contributed by atoms with Crippen LogP contribution in [0.2, 0.25) is 0 Å². The van der Waals surface area contributed by atoms with Crippen LogP contribution in [0.4, 0.5) is 10.2 Å². The van der Waals surface area contributed by atoms with Gasteiger partial charge in [0.05, 0.1) is 10.9 Å². The molecule has 11 heteroatoms. The summed E-state index contributed by atoms with van der Waals surface area (Å²) in [5.41, 5.74) is 6.99. The molecule has 1 fully saturated rings. The van der Waals surface area contributed by atoms with Crippen molar-refractivity contribution in [2.75, 3.05) is 18.8 Å². The van der Waals surface area contributed by atoms with E-state index in [1.165, 1.54) is 21.7 Å². The monoisotopic (exact) mass is 478 g/mol. The molecule has 8 nitrogen and oxygen atoms in total. The minimum atomic E-state index is -4.04. The minimum absolute atomic E-state index is 0.0705. The Morgan fingerprint density at radius 1 is 1.22 bits per heavy atom. The maximum Gasteiger partial charge on any atom is 0.338 e. The zero-order chi connectivity index (χ0) is 23.0. The third kappa shape index (κ3) is 4.19. The van der Waals surface area contributed by atoms with Gasteiger partial charge in [0, 0.05) is 18.0 Å². The summed E-state index contributed by atoms with van der Waals surface area (Å²) in [6, 6.07) is 3.18. The molecule has 1 aromatic carbocycles. The zero-order valence-corrected chi connectivity index (χ0v) is 19.4. The van der Waals surface area contributed by atoms with Gasteiger partial charge in [0.25, 0.3) is 0 Å². The van der Waals surface area contributed by atoms with Gasteiger partial charge in [-0.1, -0.05) is 6.42 Å². The predicted octanol–water partition coefficient (Wildman–Crippen LogP) is 3.56. The Kier molecular flexibility index (Phi) is 6.15. The first kappa shape index (κ1) is 22.6. The zero-order valence-electron chi connectivity index (χ0n) is 17.7. The molecule has 0 radical (unpaired) electrons. The standard InChI is InChI=1S/C21H23FN4O4S2/c1-12-13(2)31-20-18(12)19(23)24-17(25-20)11-30-21(27)14-6-7-15(22)16(10-14)32(28,29)26-8-4-3-5-9-26/h6-7,10H,3-5,8-9,11H2,1-2H3,(H2,23,24,25). The van der Waals surface area contributed by atoms with Crippen LogP contribution in [0.1, 0.15) is 45.9 Å². The summed E-state index contributed by atoms with van der Waals surface area (Å²) in [4.78, 5) is 22.4. The van der Waals surface area contributed by atoms with Crippen LogP contribution in [0.15, 0.2) is 23.1 Å². The summed E-state index contributed by atoms with van der Waals surface area (Å²) < 4.78 is 46.6. The quantitative estimate of drug-likeness (QED) is 0.558. The number of aromatic nitrogens is 2. The molecule has 0 saturated carbocycles. The number of piperidine rings is 1. The molecule has 0 aliphatic carbocycles. The van der Waals surface area contributed by atoms with Gasteiger partial charge < -0.3 is 10.5 Å². The summed E-state index contributed by atoms with van der Waals surface area (Å²) in [6.45, 7) is 4.32. The number of rotatable bonds is 5. The summed E-state index contributed by atoms with van der Waals surface area (Å²) in [7, 11) is -4.04. The Balaban J connectivity index is 1.54. The Bertz CT molecular complexity index is 1300. The molecular formula is C21H23FN4O4S2. The fourth-order valence-corrected chi connectivity index (χ4v) is 6.34. The van der Waals surface area contributed by atoms with Crippen molar-refractivity contribution < 1.29 is 22.3 Å². The number of thiophene rings is 1. The van der Waals surface area contributed by atoms with Crippen molar-refractivity contribution in [2.24, 2.45) is 0 Å². The molecule has 2 aromatic heterocycles. The molecule has 0 amide bonds. The van der Waals surface area contributed by atoms with E-state index >= 15 is 0 Å². The topological polar surface area (TPSA) is 115 Å². The summed E-state index contributed by atoms with van der Waals surface area (Å²) >= 11 is 1.47. The van der Waals surface area contributed by atoms with Gasteiger partial charge in [-0.15, -0.1) is 11.3 Å². The highest BCUT2D eigenvalue weighted by atomic mass is 32.2. The van der Waals surface area contributed by atoms with Crippen LogP contribution in [0.25, 0.3) is 10.2 Å². The number of benzene rings is 1. The summed E-state index contributed by atoms with van der Waals surface area (Å²) in [6.07, 6.45) is 2.38. The third-order valence-electron chi connectivity index (χ3n) is 5.54. The highest BCUT2D eigenvalue weighted by Crippen LogP contribution is 2.32. The van der Waals surface area contributed by atoms with Crippen molar-refractivity contribution in [3.8, 4) is 0 Å². The Morgan fingerprint density at radius 3 is 2.66 bits per heavy atom. The van der Waals surface area contributed by atoms with Crippen LogP contribution in [0.5, 0.6) is 0 Å². The number of carbonyl (C=O) groups excluding carboxylic acids is 1. The van der Waals surface area contributed by atoms with Gasteiger partial charge in [-0.05, 0) is 50.5 Å². The number of halogens is 1. The molecule has 1 aliphatic heterocycles. The number of ether oxygens (including phenoxy) is 1. The van der Waals surface area contributed by atoms with Crippen LogP contribution in [-0.2, 0) is 21.4 Å². The first-order chi connectivity index (χ1) is 15.2. The van der Waals surface area contributed by atoms with Crippen LogP contribution < -0.4 is 5.73 Å². The van der Waals surface area contributed by atoms with Crippen LogP contribution >= 0.6 is 11.3 Å². The average molecular weight is 479 g/mol. The lowest BCUT2D eigenvalue weighted by Gasteiger charge is -2.26. The molecule has 0 spiro atoms. The second-order valence-electron chi connectivity index (χ2n) is 7.67. The molecule has 32 heavy (non-hydrogen) atoms. The summed E-state index contributed by atoms with van der Waals surface area (Å²) in [5.74, 6) is -1.18. The normalized spacial score (nSPS) is 15.2. The van der Waals surface area contributed by atoms with Gasteiger partial charge in [-0.2, -0.15) is 4.31 Å². The minimum Gasteiger partial charge on any atom is -0.454 e. The molecule has 3 aromatic rings. The van der Waals surface area contributed by atoms with E-state index < -0.39 is 26.7 Å². The molecule has 0 bridgehead atoms. The van der Waals surface area contributed by atoms with Crippen molar-refractivity contribution in [3.05, 3.63) is 45.8 Å². The maximum absolute atomic E-state index is 14.4. The number of esters is 1. The van der Waals surface area contributed by atoms with Crippen molar-refractivity contribution in [1.82, 2.24) is 14.3 Å². The van der Waals surface area contributed by atoms with E-state index in [1.807, 2.05) is 13.8 Å². The molecular weight excluding hydrogens is 455 g/mol. The van der Waals surface area contributed by atoms with Gasteiger partial charge >= 0.3 is 5.97 Å². The third-order valence-corrected chi connectivity index (χ3v) is 8.55. The highest BCUT2D eigenvalue weighted by molar-refractivity contribution is 7.89. The number of fused-ring (bicyclic) bond motifs is 1. The number of carbonyl (C=O) groups is 1. The molecule has 3 heterocycles. The molecule has 170 valence electrons. The molecule has 1 saturated heterocycles. The lowest BCUT2D eigenvalue weighted by molar-refractivity contribution is 0.0462. The Morgan fingerprint density at radius 2 is 1.94 bits per heavy atom. The lowest BCUT2D eigenvalue weighted by atomic mass is 10.2. The smallest absolute Gasteiger partial charge is 0.338 e.